The molecule has 0 radical (unpaired) electrons. The fourth-order valence-electron chi connectivity index (χ4n) is 1.63. The third kappa shape index (κ3) is 2.90. The van der Waals surface area contributed by atoms with Crippen molar-refractivity contribution in [2.75, 3.05) is 5.32 Å². The fraction of sp³-hybridized carbons (Fsp3) is 0.357. The first-order chi connectivity index (χ1) is 8.56. The summed E-state index contributed by atoms with van der Waals surface area (Å²) in [6, 6.07) is 8.59. The number of aromatic nitrogens is 1. The molecule has 1 unspecified atom stereocenters. The Morgan fingerprint density at radius 3 is 2.33 bits per heavy atom. The van der Waals surface area contributed by atoms with E-state index in [4.69, 9.17) is 10.2 Å². The van der Waals surface area contributed by atoms with Gasteiger partial charge >= 0.3 is 0 Å². The Morgan fingerprint density at radius 2 is 1.83 bits per heavy atom. The SMILES string of the molecule is CC(C)c1ccc(Nc2nc(C(C)N)co2)cc1. The lowest BCUT2D eigenvalue weighted by molar-refractivity contribution is 0.573. The summed E-state index contributed by atoms with van der Waals surface area (Å²) in [4.78, 5) is 4.26. The van der Waals surface area contributed by atoms with Gasteiger partial charge in [-0.25, -0.2) is 0 Å². The summed E-state index contributed by atoms with van der Waals surface area (Å²) >= 11 is 0. The first-order valence-electron chi connectivity index (χ1n) is 6.14. The van der Waals surface area contributed by atoms with E-state index in [0.29, 0.717) is 11.9 Å². The molecule has 3 N–H and O–H groups in total. The first-order valence-corrected chi connectivity index (χ1v) is 6.14. The topological polar surface area (TPSA) is 64.1 Å². The minimum atomic E-state index is -0.118. The zero-order chi connectivity index (χ0) is 13.1. The van der Waals surface area contributed by atoms with Gasteiger partial charge in [0.2, 0.25) is 0 Å². The predicted octanol–water partition coefficient (Wildman–Crippen LogP) is 3.56. The summed E-state index contributed by atoms with van der Waals surface area (Å²) < 4.78 is 5.31. The lowest BCUT2D eigenvalue weighted by Crippen LogP contribution is -2.05. The van der Waals surface area contributed by atoms with Crippen molar-refractivity contribution in [3.8, 4) is 0 Å². The van der Waals surface area contributed by atoms with Crippen LogP contribution >= 0.6 is 0 Å². The molecule has 2 rings (SSSR count). The van der Waals surface area contributed by atoms with E-state index >= 15 is 0 Å². The minimum Gasteiger partial charge on any atom is -0.432 e. The Morgan fingerprint density at radius 1 is 1.17 bits per heavy atom. The Kier molecular flexibility index (Phi) is 3.67. The zero-order valence-corrected chi connectivity index (χ0v) is 11.0. The van der Waals surface area contributed by atoms with Crippen LogP contribution < -0.4 is 11.1 Å². The van der Waals surface area contributed by atoms with E-state index in [1.165, 1.54) is 5.56 Å². The van der Waals surface area contributed by atoms with Crippen molar-refractivity contribution in [1.29, 1.82) is 0 Å². The highest BCUT2D eigenvalue weighted by atomic mass is 16.4. The van der Waals surface area contributed by atoms with E-state index < -0.39 is 0 Å². The third-order valence-corrected chi connectivity index (χ3v) is 2.82. The van der Waals surface area contributed by atoms with Crippen molar-refractivity contribution in [2.24, 2.45) is 5.73 Å². The maximum absolute atomic E-state index is 5.72. The quantitative estimate of drug-likeness (QED) is 0.864. The second-order valence-corrected chi connectivity index (χ2v) is 4.77. The van der Waals surface area contributed by atoms with Crippen LogP contribution in [0.1, 0.15) is 44.0 Å². The maximum Gasteiger partial charge on any atom is 0.299 e. The van der Waals surface area contributed by atoms with E-state index in [9.17, 15) is 0 Å². The standard InChI is InChI=1S/C14H19N3O/c1-9(2)11-4-6-12(7-5-11)16-14-17-13(8-18-14)10(3)15/h4-10H,15H2,1-3H3,(H,16,17). The van der Waals surface area contributed by atoms with E-state index in [0.717, 1.165) is 11.4 Å². The highest BCUT2D eigenvalue weighted by Crippen LogP contribution is 2.21. The molecule has 0 fully saturated rings. The average molecular weight is 245 g/mol. The molecular weight excluding hydrogens is 226 g/mol. The van der Waals surface area contributed by atoms with Crippen molar-refractivity contribution < 1.29 is 4.42 Å². The van der Waals surface area contributed by atoms with Crippen LogP contribution in [-0.2, 0) is 0 Å². The maximum atomic E-state index is 5.72. The third-order valence-electron chi connectivity index (χ3n) is 2.82. The number of benzene rings is 1. The number of hydrogen-bond donors (Lipinski definition) is 2. The molecule has 0 aliphatic heterocycles. The number of nitrogens with two attached hydrogens (primary N) is 1. The molecule has 0 spiro atoms. The number of oxazole rings is 1. The van der Waals surface area contributed by atoms with Gasteiger partial charge in [0.05, 0.1) is 5.69 Å². The van der Waals surface area contributed by atoms with Crippen LogP contribution in [-0.4, -0.2) is 4.98 Å². The second-order valence-electron chi connectivity index (χ2n) is 4.77. The summed E-state index contributed by atoms with van der Waals surface area (Å²) in [5.74, 6) is 0.533. The van der Waals surface area contributed by atoms with Gasteiger partial charge in [-0.3, -0.25) is 0 Å². The number of rotatable bonds is 4. The summed E-state index contributed by atoms with van der Waals surface area (Å²) in [5, 5.41) is 3.11. The Labute approximate surface area is 107 Å². The van der Waals surface area contributed by atoms with Crippen LogP contribution in [0, 0.1) is 0 Å². The molecule has 1 atom stereocenters. The van der Waals surface area contributed by atoms with Gasteiger partial charge in [0.1, 0.15) is 6.26 Å². The van der Waals surface area contributed by atoms with Gasteiger partial charge in [0.25, 0.3) is 6.01 Å². The van der Waals surface area contributed by atoms with Crippen molar-refractivity contribution in [2.45, 2.75) is 32.7 Å². The molecular formula is C14H19N3O. The van der Waals surface area contributed by atoms with Crippen LogP contribution in [0.15, 0.2) is 34.9 Å². The number of nitrogens with one attached hydrogen (secondary N) is 1. The van der Waals surface area contributed by atoms with E-state index in [2.05, 4.69) is 36.3 Å². The van der Waals surface area contributed by atoms with Crippen molar-refractivity contribution >= 4 is 11.7 Å². The van der Waals surface area contributed by atoms with Gasteiger partial charge < -0.3 is 15.5 Å². The fourth-order valence-corrected chi connectivity index (χ4v) is 1.63. The highest BCUT2D eigenvalue weighted by Gasteiger charge is 2.07. The van der Waals surface area contributed by atoms with E-state index in [1.807, 2.05) is 19.1 Å². The second kappa shape index (κ2) is 5.23. The molecule has 4 heteroatoms. The number of nitrogens with zero attached hydrogens (tertiary/aromatic N) is 1. The van der Waals surface area contributed by atoms with Crippen LogP contribution in [0.4, 0.5) is 11.7 Å². The number of hydrogen-bond acceptors (Lipinski definition) is 4. The van der Waals surface area contributed by atoms with Crippen molar-refractivity contribution in [1.82, 2.24) is 4.98 Å². The molecule has 0 bridgehead atoms. The van der Waals surface area contributed by atoms with Gasteiger partial charge in [0, 0.05) is 11.7 Å². The van der Waals surface area contributed by atoms with Gasteiger partial charge in [-0.2, -0.15) is 4.98 Å². The molecule has 2 aromatic rings. The molecule has 96 valence electrons. The summed E-state index contributed by atoms with van der Waals surface area (Å²) in [6.07, 6.45) is 1.58. The lowest BCUT2D eigenvalue weighted by atomic mass is 10.0. The lowest BCUT2D eigenvalue weighted by Gasteiger charge is -2.06. The van der Waals surface area contributed by atoms with Crippen LogP contribution in [0.5, 0.6) is 0 Å². The largest absolute Gasteiger partial charge is 0.432 e. The van der Waals surface area contributed by atoms with Crippen LogP contribution in [0.2, 0.25) is 0 Å². The normalized spacial score (nSPS) is 12.7. The molecule has 0 aliphatic rings. The predicted molar refractivity (Wildman–Crippen MR) is 72.9 cm³/mol. The molecule has 1 heterocycles. The van der Waals surface area contributed by atoms with Crippen LogP contribution in [0.25, 0.3) is 0 Å². The Balaban J connectivity index is 2.08. The van der Waals surface area contributed by atoms with Crippen LogP contribution in [0.3, 0.4) is 0 Å². The molecule has 1 aromatic carbocycles. The van der Waals surface area contributed by atoms with Gasteiger partial charge in [-0.1, -0.05) is 26.0 Å². The van der Waals surface area contributed by atoms with E-state index in [-0.39, 0.29) is 6.04 Å². The monoisotopic (exact) mass is 245 g/mol. The minimum absolute atomic E-state index is 0.118. The summed E-state index contributed by atoms with van der Waals surface area (Å²) in [7, 11) is 0. The van der Waals surface area contributed by atoms with Gasteiger partial charge in [-0.05, 0) is 30.5 Å². The molecule has 4 nitrogen and oxygen atoms in total. The summed E-state index contributed by atoms with van der Waals surface area (Å²) in [6.45, 7) is 6.22. The van der Waals surface area contributed by atoms with Crippen molar-refractivity contribution in [3.63, 3.8) is 0 Å². The Bertz CT molecular complexity index is 500. The number of anilines is 2. The molecule has 0 saturated carbocycles. The first kappa shape index (κ1) is 12.6. The smallest absolute Gasteiger partial charge is 0.299 e. The van der Waals surface area contributed by atoms with E-state index in [1.54, 1.807) is 6.26 Å². The Hall–Kier alpha value is -1.81. The molecule has 0 saturated heterocycles. The van der Waals surface area contributed by atoms with Crippen molar-refractivity contribution in [3.05, 3.63) is 41.8 Å². The zero-order valence-electron chi connectivity index (χ0n) is 11.0. The summed E-state index contributed by atoms with van der Waals surface area (Å²) in [5.41, 5.74) is 8.74. The molecule has 1 aromatic heterocycles. The molecule has 0 amide bonds. The average Bonchev–Trinajstić information content (AvgIpc) is 2.78. The highest BCUT2D eigenvalue weighted by molar-refractivity contribution is 5.52. The molecule has 0 aliphatic carbocycles. The molecule has 18 heavy (non-hydrogen) atoms. The van der Waals surface area contributed by atoms with Gasteiger partial charge in [-0.15, -0.1) is 0 Å². The van der Waals surface area contributed by atoms with Gasteiger partial charge in [0.15, 0.2) is 0 Å².